The number of rotatable bonds is 42. The van der Waals surface area contributed by atoms with Crippen LogP contribution in [-0.2, 0) is 32.7 Å². The van der Waals surface area contributed by atoms with Crippen LogP contribution >= 0.6 is 7.82 Å². The van der Waals surface area contributed by atoms with Gasteiger partial charge in [0.05, 0.1) is 13.2 Å². The maximum Gasteiger partial charge on any atom is 0.472 e. The van der Waals surface area contributed by atoms with E-state index in [-0.39, 0.29) is 32.6 Å². The number of carbonyl (C=O) groups excluding carboxylic acids is 2. The number of nitrogens with two attached hydrogens (primary N) is 1. The van der Waals surface area contributed by atoms with E-state index in [1.54, 1.807) is 0 Å². The number of ether oxygens (including phenoxy) is 2. The number of unbranched alkanes of at least 4 members (excludes halogenated alkanes) is 11. The molecule has 0 aromatic carbocycles. The van der Waals surface area contributed by atoms with E-state index in [2.05, 4.69) is 123 Å². The lowest BCUT2D eigenvalue weighted by Crippen LogP contribution is -2.29. The third-order valence-electron chi connectivity index (χ3n) is 9.14. The van der Waals surface area contributed by atoms with Gasteiger partial charge in [0.1, 0.15) is 6.61 Å². The first-order chi connectivity index (χ1) is 29.8. The largest absolute Gasteiger partial charge is 0.472 e. The number of allylic oxidation sites excluding steroid dienone is 18. The molecule has 346 valence electrons. The number of esters is 2. The molecule has 0 bridgehead atoms. The third-order valence-corrected chi connectivity index (χ3v) is 10.1. The zero-order valence-corrected chi connectivity index (χ0v) is 39.0. The molecule has 0 amide bonds. The van der Waals surface area contributed by atoms with Gasteiger partial charge in [-0.2, -0.15) is 0 Å². The minimum absolute atomic E-state index is 0.0375. The molecule has 0 saturated carbocycles. The molecule has 10 heteroatoms. The molecule has 0 radical (unpaired) electrons. The summed E-state index contributed by atoms with van der Waals surface area (Å²) >= 11 is 0. The summed E-state index contributed by atoms with van der Waals surface area (Å²) in [4.78, 5) is 35.0. The highest BCUT2D eigenvalue weighted by molar-refractivity contribution is 7.47. The molecule has 0 saturated heterocycles. The molecular formula is C51H84NO8P. The Morgan fingerprint density at radius 1 is 0.508 bits per heavy atom. The molecule has 0 aliphatic heterocycles. The number of hydrogen-bond acceptors (Lipinski definition) is 8. The van der Waals surface area contributed by atoms with Crippen LogP contribution in [0.15, 0.2) is 109 Å². The van der Waals surface area contributed by atoms with Gasteiger partial charge in [-0.1, -0.05) is 162 Å². The van der Waals surface area contributed by atoms with E-state index in [1.165, 1.54) is 25.7 Å². The van der Waals surface area contributed by atoms with Gasteiger partial charge in [-0.3, -0.25) is 18.6 Å². The maximum atomic E-state index is 12.6. The van der Waals surface area contributed by atoms with Crippen molar-refractivity contribution in [3.63, 3.8) is 0 Å². The topological polar surface area (TPSA) is 134 Å². The van der Waals surface area contributed by atoms with Crippen LogP contribution in [0.25, 0.3) is 0 Å². The standard InChI is InChI=1S/C51H84NO8P/c1-3-5-7-9-11-13-15-17-19-21-23-24-26-28-30-32-34-36-38-40-42-44-51(54)60-49(48-59-61(55,56)58-46-45-52)47-57-50(53)43-41-39-37-35-33-31-29-27-25-22-20-18-16-14-12-10-8-6-4-2/h5,7,11-14,17-20,23-25,27-28,30,34,36,49H,3-4,6,8-10,15-16,21-22,26,29,31-33,35,37-48,52H2,1-2H3,(H,55,56)/b7-5-,13-11-,14-12-,19-17-,20-18-,24-23-,27-25-,30-28-,36-34-. The van der Waals surface area contributed by atoms with Crippen LogP contribution in [0.3, 0.4) is 0 Å². The predicted molar refractivity (Wildman–Crippen MR) is 256 cm³/mol. The van der Waals surface area contributed by atoms with Crippen molar-refractivity contribution in [1.82, 2.24) is 0 Å². The lowest BCUT2D eigenvalue weighted by Gasteiger charge is -2.19. The van der Waals surface area contributed by atoms with E-state index in [1.807, 2.05) is 0 Å². The molecule has 2 atom stereocenters. The van der Waals surface area contributed by atoms with Gasteiger partial charge in [0.15, 0.2) is 6.10 Å². The summed E-state index contributed by atoms with van der Waals surface area (Å²) in [6.45, 7) is 3.50. The summed E-state index contributed by atoms with van der Waals surface area (Å²) in [5, 5.41) is 0. The van der Waals surface area contributed by atoms with Crippen LogP contribution in [0.4, 0.5) is 0 Å². The quantitative estimate of drug-likeness (QED) is 0.0266. The number of carbonyl (C=O) groups is 2. The van der Waals surface area contributed by atoms with Gasteiger partial charge in [-0.25, -0.2) is 4.57 Å². The van der Waals surface area contributed by atoms with Crippen molar-refractivity contribution >= 4 is 19.8 Å². The summed E-state index contributed by atoms with van der Waals surface area (Å²) in [5.41, 5.74) is 5.35. The Balaban J connectivity index is 4.26. The Morgan fingerprint density at radius 2 is 0.902 bits per heavy atom. The molecule has 0 aliphatic carbocycles. The zero-order chi connectivity index (χ0) is 44.6. The summed E-state index contributed by atoms with van der Waals surface area (Å²) in [6.07, 6.45) is 61.2. The summed E-state index contributed by atoms with van der Waals surface area (Å²) < 4.78 is 32.8. The normalized spacial score (nSPS) is 14.2. The first-order valence-corrected chi connectivity index (χ1v) is 24.9. The minimum atomic E-state index is -4.40. The van der Waals surface area contributed by atoms with Crippen LogP contribution in [0.1, 0.15) is 168 Å². The van der Waals surface area contributed by atoms with Gasteiger partial charge in [0.2, 0.25) is 0 Å². The van der Waals surface area contributed by atoms with E-state index in [0.717, 1.165) is 103 Å². The van der Waals surface area contributed by atoms with Gasteiger partial charge in [0, 0.05) is 19.4 Å². The summed E-state index contributed by atoms with van der Waals surface area (Å²) in [7, 11) is -4.40. The molecule has 0 spiro atoms. The SMILES string of the molecule is CC/C=C\C/C=C\C/C=C\C/C=C\C/C=C\C/C=C\CCCCC(=O)OC(COC(=O)CCCCCCCC/C=C\C/C=C\C/C=C\CCCCC)COP(=O)(O)OCCN. The van der Waals surface area contributed by atoms with Crippen molar-refractivity contribution in [2.75, 3.05) is 26.4 Å². The second kappa shape index (κ2) is 46.2. The molecule has 0 aliphatic rings. The fraction of sp³-hybridized carbons (Fsp3) is 0.608. The van der Waals surface area contributed by atoms with Gasteiger partial charge in [-0.05, 0) is 103 Å². The molecule has 0 rings (SSSR count). The van der Waals surface area contributed by atoms with E-state index in [4.69, 9.17) is 24.3 Å². The van der Waals surface area contributed by atoms with Crippen molar-refractivity contribution in [3.8, 4) is 0 Å². The van der Waals surface area contributed by atoms with Crippen LogP contribution in [0.2, 0.25) is 0 Å². The fourth-order valence-corrected chi connectivity index (χ4v) is 6.47. The monoisotopic (exact) mass is 870 g/mol. The smallest absolute Gasteiger partial charge is 0.462 e. The predicted octanol–water partition coefficient (Wildman–Crippen LogP) is 13.9. The highest BCUT2D eigenvalue weighted by Crippen LogP contribution is 2.43. The first kappa shape index (κ1) is 57.7. The molecular weight excluding hydrogens is 786 g/mol. The fourth-order valence-electron chi connectivity index (χ4n) is 5.70. The minimum Gasteiger partial charge on any atom is -0.462 e. The molecule has 0 aromatic rings. The number of hydrogen-bond donors (Lipinski definition) is 2. The highest BCUT2D eigenvalue weighted by atomic mass is 31.2. The Kier molecular flexibility index (Phi) is 43.7. The second-order valence-electron chi connectivity index (χ2n) is 14.9. The van der Waals surface area contributed by atoms with Crippen molar-refractivity contribution in [3.05, 3.63) is 109 Å². The van der Waals surface area contributed by atoms with Crippen molar-refractivity contribution in [2.45, 2.75) is 174 Å². The van der Waals surface area contributed by atoms with Crippen molar-refractivity contribution in [2.24, 2.45) is 5.73 Å². The van der Waals surface area contributed by atoms with Crippen LogP contribution in [-0.4, -0.2) is 49.3 Å². The summed E-state index contributed by atoms with van der Waals surface area (Å²) in [5.74, 6) is -0.905. The van der Waals surface area contributed by atoms with Crippen molar-refractivity contribution < 1.29 is 37.6 Å². The molecule has 2 unspecified atom stereocenters. The molecule has 9 nitrogen and oxygen atoms in total. The molecule has 61 heavy (non-hydrogen) atoms. The van der Waals surface area contributed by atoms with Crippen LogP contribution < -0.4 is 5.73 Å². The van der Waals surface area contributed by atoms with E-state index in [0.29, 0.717) is 12.8 Å². The van der Waals surface area contributed by atoms with E-state index < -0.39 is 32.5 Å². The average Bonchev–Trinajstić information content (AvgIpc) is 3.25. The number of phosphoric ester groups is 1. The van der Waals surface area contributed by atoms with Gasteiger partial charge in [-0.15, -0.1) is 0 Å². The third kappa shape index (κ3) is 46.0. The number of phosphoric acid groups is 1. The highest BCUT2D eigenvalue weighted by Gasteiger charge is 2.26. The molecule has 0 heterocycles. The second-order valence-corrected chi connectivity index (χ2v) is 16.3. The van der Waals surface area contributed by atoms with Gasteiger partial charge >= 0.3 is 19.8 Å². The van der Waals surface area contributed by atoms with Crippen molar-refractivity contribution in [1.29, 1.82) is 0 Å². The van der Waals surface area contributed by atoms with Gasteiger partial charge < -0.3 is 20.1 Å². The van der Waals surface area contributed by atoms with E-state index in [9.17, 15) is 19.0 Å². The Bertz CT molecular complexity index is 1360. The van der Waals surface area contributed by atoms with Crippen LogP contribution in [0.5, 0.6) is 0 Å². The van der Waals surface area contributed by atoms with E-state index >= 15 is 0 Å². The Labute approximate surface area is 371 Å². The first-order valence-electron chi connectivity index (χ1n) is 23.4. The Hall–Kier alpha value is -3.33. The summed E-state index contributed by atoms with van der Waals surface area (Å²) in [6, 6.07) is 0. The maximum absolute atomic E-state index is 12.6. The lowest BCUT2D eigenvalue weighted by atomic mass is 10.1. The lowest BCUT2D eigenvalue weighted by molar-refractivity contribution is -0.161. The molecule has 0 fully saturated rings. The average molecular weight is 870 g/mol. The molecule has 0 aromatic heterocycles. The Morgan fingerprint density at radius 3 is 1.38 bits per heavy atom. The van der Waals surface area contributed by atoms with Gasteiger partial charge in [0.25, 0.3) is 0 Å². The van der Waals surface area contributed by atoms with Crippen LogP contribution in [0, 0.1) is 0 Å². The zero-order valence-electron chi connectivity index (χ0n) is 38.1. The molecule has 3 N–H and O–H groups in total.